The zero-order valence-electron chi connectivity index (χ0n) is 24.5. The number of anilines is 1. The van der Waals surface area contributed by atoms with Gasteiger partial charge in [0.25, 0.3) is 11.8 Å². The molecule has 0 radical (unpaired) electrons. The summed E-state index contributed by atoms with van der Waals surface area (Å²) in [6.45, 7) is 7.26. The molecule has 0 N–H and O–H groups in total. The lowest BCUT2D eigenvalue weighted by Gasteiger charge is -2.46. The highest BCUT2D eigenvalue weighted by molar-refractivity contribution is 8.32. The van der Waals surface area contributed by atoms with Crippen LogP contribution in [0.2, 0.25) is 0 Å². The molecular formula is C34H28N2O5S3. The highest BCUT2D eigenvalue weighted by Crippen LogP contribution is 2.58. The van der Waals surface area contributed by atoms with E-state index < -0.39 is 35.8 Å². The van der Waals surface area contributed by atoms with Crippen LogP contribution in [0.25, 0.3) is 10.5 Å². The number of benzene rings is 3. The summed E-state index contributed by atoms with van der Waals surface area (Å²) in [5, 5.41) is 0. The molecule has 0 aromatic heterocycles. The van der Waals surface area contributed by atoms with Crippen molar-refractivity contribution in [2.75, 3.05) is 18.1 Å². The van der Waals surface area contributed by atoms with Gasteiger partial charge in [-0.1, -0.05) is 96.4 Å². The van der Waals surface area contributed by atoms with Gasteiger partial charge >= 0.3 is 5.97 Å². The Kier molecular flexibility index (Phi) is 7.85. The molecule has 0 bridgehead atoms. The summed E-state index contributed by atoms with van der Waals surface area (Å²) in [7, 11) is 0. The predicted molar refractivity (Wildman–Crippen MR) is 179 cm³/mol. The largest absolute Gasteiger partial charge is 0.462 e. The number of hydrogen-bond acceptors (Lipinski definition) is 8. The Balaban J connectivity index is 1.43. The lowest BCUT2D eigenvalue weighted by atomic mass is 9.82. The van der Waals surface area contributed by atoms with Crippen molar-refractivity contribution in [1.82, 2.24) is 4.90 Å². The minimum absolute atomic E-state index is 0.249. The van der Waals surface area contributed by atoms with Crippen LogP contribution < -0.4 is 4.90 Å². The molecule has 3 aliphatic rings. The number of nitrogens with zero attached hydrogens (tertiary/aromatic N) is 2. The molecule has 222 valence electrons. The quantitative estimate of drug-likeness (QED) is 0.129. The third-order valence-corrected chi connectivity index (χ3v) is 11.1. The Morgan fingerprint density at radius 2 is 1.48 bits per heavy atom. The third kappa shape index (κ3) is 4.81. The highest BCUT2D eigenvalue weighted by atomic mass is 32.2. The number of fused-ring (bicyclic) bond motifs is 2. The van der Waals surface area contributed by atoms with Gasteiger partial charge in [0.2, 0.25) is 5.91 Å². The van der Waals surface area contributed by atoms with Crippen LogP contribution in [0.4, 0.5) is 5.69 Å². The van der Waals surface area contributed by atoms with Gasteiger partial charge in [0.05, 0.1) is 38.1 Å². The number of rotatable bonds is 5. The van der Waals surface area contributed by atoms with E-state index >= 15 is 0 Å². The van der Waals surface area contributed by atoms with E-state index in [9.17, 15) is 19.2 Å². The monoisotopic (exact) mass is 640 g/mol. The van der Waals surface area contributed by atoms with Gasteiger partial charge in [-0.05, 0) is 51.0 Å². The maximum Gasteiger partial charge on any atom is 0.346 e. The van der Waals surface area contributed by atoms with Crippen LogP contribution in [0.3, 0.4) is 0 Å². The van der Waals surface area contributed by atoms with Crippen molar-refractivity contribution in [2.24, 2.45) is 0 Å². The lowest BCUT2D eigenvalue weighted by Crippen LogP contribution is -2.58. The number of carbonyl (C=O) groups is 4. The van der Waals surface area contributed by atoms with Crippen LogP contribution in [-0.2, 0) is 14.3 Å². The van der Waals surface area contributed by atoms with Gasteiger partial charge in [0, 0.05) is 16.0 Å². The first-order valence-electron chi connectivity index (χ1n) is 14.1. The molecule has 3 amide bonds. The van der Waals surface area contributed by atoms with Crippen molar-refractivity contribution >= 4 is 80.5 Å². The van der Waals surface area contributed by atoms with E-state index in [1.165, 1.54) is 23.5 Å². The maximum atomic E-state index is 14.2. The fraction of sp³-hybridized carbons (Fsp3) is 0.206. The molecule has 0 unspecified atom stereocenters. The van der Waals surface area contributed by atoms with Gasteiger partial charge in [-0.2, -0.15) is 0 Å². The fourth-order valence-corrected chi connectivity index (χ4v) is 8.84. The van der Waals surface area contributed by atoms with Crippen molar-refractivity contribution in [3.8, 4) is 0 Å². The molecule has 0 spiro atoms. The molecule has 3 aromatic rings. The molecule has 44 heavy (non-hydrogen) atoms. The SMILES string of the molecule is CCOC(=O)C1=C(c2ccccc2)SC(=C2C(=S)C(C)(C)N(C(=O)CN3C(=O)c4ccccc4C3=O)c3c(C)cccc32)S1. The summed E-state index contributed by atoms with van der Waals surface area (Å²) in [6.07, 6.45) is 0. The first-order chi connectivity index (χ1) is 21.1. The number of thiocarbonyl (C=S) groups is 1. The van der Waals surface area contributed by atoms with E-state index in [0.29, 0.717) is 15.5 Å². The third-order valence-electron chi connectivity index (χ3n) is 7.79. The molecule has 3 aliphatic heterocycles. The zero-order chi connectivity index (χ0) is 31.3. The second kappa shape index (κ2) is 11.5. The van der Waals surface area contributed by atoms with Crippen molar-refractivity contribution in [2.45, 2.75) is 33.2 Å². The van der Waals surface area contributed by atoms with Crippen molar-refractivity contribution < 1.29 is 23.9 Å². The van der Waals surface area contributed by atoms with E-state index in [1.807, 2.05) is 69.3 Å². The van der Waals surface area contributed by atoms with E-state index in [1.54, 1.807) is 36.1 Å². The number of ether oxygens (including phenoxy) is 1. The first kappa shape index (κ1) is 30.1. The Morgan fingerprint density at radius 3 is 2.11 bits per heavy atom. The van der Waals surface area contributed by atoms with Crippen molar-refractivity contribution in [3.05, 3.63) is 110 Å². The zero-order valence-corrected chi connectivity index (χ0v) is 27.0. The number of esters is 1. The van der Waals surface area contributed by atoms with Gasteiger partial charge in [-0.15, -0.1) is 0 Å². The van der Waals surface area contributed by atoms with Crippen LogP contribution >= 0.6 is 35.7 Å². The number of aryl methyl sites for hydroxylation is 1. The van der Waals surface area contributed by atoms with Crippen LogP contribution in [0.5, 0.6) is 0 Å². The van der Waals surface area contributed by atoms with Gasteiger partial charge in [0.15, 0.2) is 0 Å². The average Bonchev–Trinajstić information content (AvgIpc) is 3.55. The second-order valence-corrected chi connectivity index (χ2v) is 13.6. The second-order valence-electron chi connectivity index (χ2n) is 10.9. The van der Waals surface area contributed by atoms with E-state index in [4.69, 9.17) is 17.0 Å². The lowest BCUT2D eigenvalue weighted by molar-refractivity contribution is -0.137. The molecule has 10 heteroatoms. The van der Waals surface area contributed by atoms with E-state index in [2.05, 4.69) is 0 Å². The molecule has 0 atom stereocenters. The summed E-state index contributed by atoms with van der Waals surface area (Å²) >= 11 is 8.95. The number of amides is 3. The van der Waals surface area contributed by atoms with Crippen LogP contribution in [0.15, 0.2) is 81.9 Å². The first-order valence-corrected chi connectivity index (χ1v) is 16.1. The Hall–Kier alpha value is -3.99. The molecule has 3 heterocycles. The summed E-state index contributed by atoms with van der Waals surface area (Å²) in [6, 6.07) is 22.0. The number of para-hydroxylation sites is 1. The van der Waals surface area contributed by atoms with Gasteiger partial charge in [-0.25, -0.2) is 4.79 Å². The van der Waals surface area contributed by atoms with Crippen molar-refractivity contribution in [1.29, 1.82) is 0 Å². The number of thioether (sulfide) groups is 2. The molecular weight excluding hydrogens is 613 g/mol. The highest BCUT2D eigenvalue weighted by Gasteiger charge is 2.47. The molecule has 0 aliphatic carbocycles. The van der Waals surface area contributed by atoms with Crippen LogP contribution in [0, 0.1) is 6.92 Å². The minimum atomic E-state index is -1.01. The number of carbonyl (C=O) groups excluding carboxylic acids is 4. The minimum Gasteiger partial charge on any atom is -0.462 e. The molecule has 0 saturated heterocycles. The average molecular weight is 641 g/mol. The predicted octanol–water partition coefficient (Wildman–Crippen LogP) is 6.87. The Morgan fingerprint density at radius 1 is 0.864 bits per heavy atom. The molecule has 6 rings (SSSR count). The van der Waals surface area contributed by atoms with Crippen LogP contribution in [-0.4, -0.2) is 52.1 Å². The summed E-state index contributed by atoms with van der Waals surface area (Å²) in [5.41, 5.74) is 3.48. The molecule has 3 aromatic carbocycles. The number of hydrogen-bond donors (Lipinski definition) is 0. The topological polar surface area (TPSA) is 84.0 Å². The van der Waals surface area contributed by atoms with E-state index in [0.717, 1.165) is 36.3 Å². The summed E-state index contributed by atoms with van der Waals surface area (Å²) < 4.78 is 6.25. The van der Waals surface area contributed by atoms with Gasteiger partial charge in [-0.3, -0.25) is 24.2 Å². The van der Waals surface area contributed by atoms with Gasteiger partial charge in [0.1, 0.15) is 11.4 Å². The normalized spacial score (nSPS) is 19.0. The van der Waals surface area contributed by atoms with Crippen molar-refractivity contribution in [3.63, 3.8) is 0 Å². The summed E-state index contributed by atoms with van der Waals surface area (Å²) in [4.78, 5) is 58.0. The summed E-state index contributed by atoms with van der Waals surface area (Å²) in [5.74, 6) is -1.81. The number of imide groups is 1. The fourth-order valence-electron chi connectivity index (χ4n) is 5.71. The standard InChI is InChI=1S/C34H28N2O5S3/c1-5-41-32(40)28-27(20-13-7-6-8-14-20)43-33(44-28)25-23-17-11-12-19(2)26(23)36(34(3,4)29(25)42)24(37)18-35-30(38)21-15-9-10-16-22(21)31(35)39/h6-17H,5,18H2,1-4H3. The van der Waals surface area contributed by atoms with Gasteiger partial charge < -0.3 is 4.74 Å². The molecule has 0 saturated carbocycles. The van der Waals surface area contributed by atoms with E-state index in [-0.39, 0.29) is 17.7 Å². The van der Waals surface area contributed by atoms with Crippen LogP contribution in [0.1, 0.15) is 58.2 Å². The maximum absolute atomic E-state index is 14.2. The Bertz CT molecular complexity index is 1810. The smallest absolute Gasteiger partial charge is 0.346 e. The Labute approximate surface area is 269 Å². The molecule has 0 fully saturated rings. The molecule has 7 nitrogen and oxygen atoms in total.